The van der Waals surface area contributed by atoms with E-state index in [4.69, 9.17) is 23.9 Å². The molecule has 0 fully saturated rings. The van der Waals surface area contributed by atoms with Crippen LogP contribution in [0.3, 0.4) is 0 Å². The van der Waals surface area contributed by atoms with E-state index in [-0.39, 0.29) is 24.3 Å². The van der Waals surface area contributed by atoms with E-state index in [0.29, 0.717) is 55.6 Å². The summed E-state index contributed by atoms with van der Waals surface area (Å²) >= 11 is 1.23. The summed E-state index contributed by atoms with van der Waals surface area (Å²) in [5.41, 5.74) is 3.82. The normalized spacial score (nSPS) is 14.0. The molecule has 1 aliphatic heterocycles. The van der Waals surface area contributed by atoms with E-state index in [0.717, 1.165) is 11.1 Å². The van der Waals surface area contributed by atoms with E-state index >= 15 is 0 Å². The average Bonchev–Trinajstić information content (AvgIpc) is 3.45. The van der Waals surface area contributed by atoms with Crippen molar-refractivity contribution in [2.75, 3.05) is 20.3 Å². The van der Waals surface area contributed by atoms with Gasteiger partial charge in [0, 0.05) is 11.1 Å². The van der Waals surface area contributed by atoms with Crippen molar-refractivity contribution in [2.45, 2.75) is 26.5 Å². The first-order valence-electron chi connectivity index (χ1n) is 15.8. The van der Waals surface area contributed by atoms with Gasteiger partial charge in [-0.05, 0) is 61.4 Å². The molecule has 246 valence electrons. The van der Waals surface area contributed by atoms with E-state index < -0.39 is 12.0 Å². The number of aromatic nitrogens is 1. The number of hydrogen-bond acceptors (Lipinski definition) is 9. The number of hydrogen-bond donors (Lipinski definition) is 0. The number of carbonyl (C=O) groups excluding carboxylic acids is 1. The van der Waals surface area contributed by atoms with Gasteiger partial charge in [0.05, 0.1) is 53.8 Å². The van der Waals surface area contributed by atoms with Crippen LogP contribution < -0.4 is 29.1 Å². The first-order chi connectivity index (χ1) is 23.9. The van der Waals surface area contributed by atoms with Gasteiger partial charge in [-0.15, -0.1) is 0 Å². The Bertz CT molecular complexity index is 2270. The molecule has 0 amide bonds. The Morgan fingerprint density at radius 1 is 0.939 bits per heavy atom. The minimum absolute atomic E-state index is 0.159. The van der Waals surface area contributed by atoms with Gasteiger partial charge in [0.25, 0.3) is 5.56 Å². The molecular formula is C39H33N3O6S. The number of methoxy groups -OCH3 is 1. The van der Waals surface area contributed by atoms with Crippen molar-refractivity contribution in [3.63, 3.8) is 0 Å². The zero-order valence-electron chi connectivity index (χ0n) is 27.2. The molecule has 10 heteroatoms. The van der Waals surface area contributed by atoms with Crippen molar-refractivity contribution in [3.8, 4) is 23.3 Å². The zero-order chi connectivity index (χ0) is 34.3. The van der Waals surface area contributed by atoms with Crippen LogP contribution in [0.4, 0.5) is 0 Å². The van der Waals surface area contributed by atoms with Gasteiger partial charge in [-0.1, -0.05) is 78.1 Å². The van der Waals surface area contributed by atoms with Crippen LogP contribution >= 0.6 is 11.3 Å². The summed E-state index contributed by atoms with van der Waals surface area (Å²) in [6.45, 7) is 4.37. The molecule has 0 N–H and O–H groups in total. The summed E-state index contributed by atoms with van der Waals surface area (Å²) in [6, 6.07) is 30.8. The highest BCUT2D eigenvalue weighted by Gasteiger charge is 2.35. The smallest absolute Gasteiger partial charge is 0.338 e. The average molecular weight is 672 g/mol. The summed E-state index contributed by atoms with van der Waals surface area (Å²) in [4.78, 5) is 33.4. The van der Waals surface area contributed by atoms with Gasteiger partial charge in [-0.3, -0.25) is 9.36 Å². The fraction of sp³-hybridized carbons (Fsp3) is 0.179. The first-order valence-corrected chi connectivity index (χ1v) is 16.6. The fourth-order valence-electron chi connectivity index (χ4n) is 5.63. The van der Waals surface area contributed by atoms with Crippen LogP contribution in [-0.4, -0.2) is 30.9 Å². The van der Waals surface area contributed by atoms with Crippen LogP contribution in [0.25, 0.3) is 11.8 Å². The van der Waals surface area contributed by atoms with Gasteiger partial charge in [-0.2, -0.15) is 5.26 Å². The highest BCUT2D eigenvalue weighted by atomic mass is 32.1. The predicted octanol–water partition coefficient (Wildman–Crippen LogP) is 5.79. The molecule has 1 atom stereocenters. The Labute approximate surface area is 287 Å². The molecule has 4 aromatic carbocycles. The lowest BCUT2D eigenvalue weighted by Crippen LogP contribution is -2.40. The Balaban J connectivity index is 1.48. The number of nitrogens with zero attached hydrogens (tertiary/aromatic N) is 3. The number of thiazole rings is 1. The van der Waals surface area contributed by atoms with Gasteiger partial charge < -0.3 is 18.9 Å². The van der Waals surface area contributed by atoms with E-state index in [1.165, 1.54) is 11.3 Å². The molecule has 9 nitrogen and oxygen atoms in total. The second kappa shape index (κ2) is 14.9. The third-order valence-corrected chi connectivity index (χ3v) is 8.85. The molecule has 0 spiro atoms. The summed E-state index contributed by atoms with van der Waals surface area (Å²) in [5.74, 6) is 1.05. The molecule has 0 unspecified atom stereocenters. The minimum atomic E-state index is -0.825. The number of carbonyl (C=O) groups is 1. The SMILES string of the molecule is CCOC(=O)C1=C(c2ccccc2)N=c2s/c(=C/c3ccc(OCc4ccccc4C#N)c(OCC)c3)c(=O)n2[C@@H]1c1cccc(OC)c1. The number of nitriles is 1. The lowest BCUT2D eigenvalue weighted by atomic mass is 9.93. The van der Waals surface area contributed by atoms with E-state index in [1.54, 1.807) is 36.8 Å². The molecule has 49 heavy (non-hydrogen) atoms. The molecule has 0 bridgehead atoms. The van der Waals surface area contributed by atoms with Gasteiger partial charge >= 0.3 is 5.97 Å². The largest absolute Gasteiger partial charge is 0.497 e. The maximum absolute atomic E-state index is 14.3. The van der Waals surface area contributed by atoms with Gasteiger partial charge in [0.2, 0.25) is 0 Å². The number of rotatable bonds is 11. The van der Waals surface area contributed by atoms with Crippen molar-refractivity contribution < 1.29 is 23.7 Å². The maximum Gasteiger partial charge on any atom is 0.338 e. The van der Waals surface area contributed by atoms with Crippen molar-refractivity contribution in [1.82, 2.24) is 4.57 Å². The Kier molecular flexibility index (Phi) is 10.0. The van der Waals surface area contributed by atoms with Crippen molar-refractivity contribution in [1.29, 1.82) is 5.26 Å². The molecule has 1 aromatic heterocycles. The summed E-state index contributed by atoms with van der Waals surface area (Å²) in [7, 11) is 1.57. The van der Waals surface area contributed by atoms with E-state index in [2.05, 4.69) is 6.07 Å². The van der Waals surface area contributed by atoms with Crippen LogP contribution in [0.1, 0.15) is 47.7 Å². The Morgan fingerprint density at radius 2 is 1.73 bits per heavy atom. The minimum Gasteiger partial charge on any atom is -0.497 e. The second-order valence-electron chi connectivity index (χ2n) is 10.9. The van der Waals surface area contributed by atoms with E-state index in [9.17, 15) is 14.9 Å². The van der Waals surface area contributed by atoms with Crippen LogP contribution in [-0.2, 0) is 16.1 Å². The molecule has 2 heterocycles. The molecule has 0 aliphatic carbocycles. The maximum atomic E-state index is 14.3. The summed E-state index contributed by atoms with van der Waals surface area (Å²) in [5, 5.41) is 9.46. The second-order valence-corrected chi connectivity index (χ2v) is 11.9. The van der Waals surface area contributed by atoms with Crippen LogP contribution in [0.2, 0.25) is 0 Å². The lowest BCUT2D eigenvalue weighted by molar-refractivity contribution is -0.138. The number of ether oxygens (including phenoxy) is 4. The summed E-state index contributed by atoms with van der Waals surface area (Å²) < 4.78 is 25.0. The lowest BCUT2D eigenvalue weighted by Gasteiger charge is -2.26. The Hall–Kier alpha value is -5.92. The Morgan fingerprint density at radius 3 is 2.49 bits per heavy atom. The predicted molar refractivity (Wildman–Crippen MR) is 187 cm³/mol. The molecule has 6 rings (SSSR count). The molecule has 5 aromatic rings. The summed E-state index contributed by atoms with van der Waals surface area (Å²) in [6.07, 6.45) is 1.78. The van der Waals surface area contributed by atoms with E-state index in [1.807, 2.05) is 91.9 Å². The third kappa shape index (κ3) is 6.89. The standard InChI is InChI=1S/C39H33N3O6S/c1-4-46-32-20-25(18-19-31(32)48-24-29-15-10-9-14-28(29)23-40)21-33-37(43)42-36(27-16-11-17-30(22-27)45-3)34(38(44)47-5-2)35(41-39(42)49-33)26-12-7-6-8-13-26/h6-22,36H,4-5,24H2,1-3H3/b33-21+/t36-/m1/s1. The van der Waals surface area contributed by atoms with Crippen LogP contribution in [0.15, 0.2) is 112 Å². The molecule has 0 saturated carbocycles. The number of fused-ring (bicyclic) bond motifs is 1. The fourth-order valence-corrected chi connectivity index (χ4v) is 6.63. The number of benzene rings is 4. The molecular weight excluding hydrogens is 639 g/mol. The molecule has 1 aliphatic rings. The third-order valence-electron chi connectivity index (χ3n) is 7.87. The van der Waals surface area contributed by atoms with Crippen molar-refractivity contribution in [3.05, 3.63) is 150 Å². The van der Waals surface area contributed by atoms with Crippen LogP contribution in [0, 0.1) is 11.3 Å². The van der Waals surface area contributed by atoms with Gasteiger partial charge in [0.15, 0.2) is 16.3 Å². The van der Waals surface area contributed by atoms with Crippen LogP contribution in [0.5, 0.6) is 17.2 Å². The highest BCUT2D eigenvalue weighted by Crippen LogP contribution is 2.36. The van der Waals surface area contributed by atoms with Gasteiger partial charge in [-0.25, -0.2) is 9.79 Å². The quantitative estimate of drug-likeness (QED) is 0.163. The number of esters is 1. The van der Waals surface area contributed by atoms with Crippen molar-refractivity contribution in [2.24, 2.45) is 4.99 Å². The highest BCUT2D eigenvalue weighted by molar-refractivity contribution is 7.07. The zero-order valence-corrected chi connectivity index (χ0v) is 28.0. The topological polar surface area (TPSA) is 112 Å². The van der Waals surface area contributed by atoms with Crippen molar-refractivity contribution >= 4 is 29.1 Å². The monoisotopic (exact) mass is 671 g/mol. The molecule has 0 radical (unpaired) electrons. The molecule has 0 saturated heterocycles. The first kappa shape index (κ1) is 33.0. The van der Waals surface area contributed by atoms with Gasteiger partial charge in [0.1, 0.15) is 12.4 Å².